The van der Waals surface area contributed by atoms with E-state index in [1.165, 1.54) is 6.39 Å². The predicted octanol–water partition coefficient (Wildman–Crippen LogP) is 2.62. The molecule has 5 nitrogen and oxygen atoms in total. The fourth-order valence-corrected chi connectivity index (χ4v) is 2.02. The molecule has 0 bridgehead atoms. The van der Waals surface area contributed by atoms with Gasteiger partial charge in [0.2, 0.25) is 5.76 Å². The van der Waals surface area contributed by atoms with Gasteiger partial charge in [-0.15, -0.1) is 0 Å². The number of aryl methyl sites for hydroxylation is 1. The van der Waals surface area contributed by atoms with E-state index in [4.69, 9.17) is 10.2 Å². The number of hydrogen-bond acceptors (Lipinski definition) is 4. The standard InChI is InChI=1S/C15H19N3O2/c1-3-8-18(9-12-4-6-13(16)7-5-12)15(19)14-11(2)17-10-20-14/h4-7,10H,3,8-9,16H2,1-2H3. The first kappa shape index (κ1) is 14.1. The summed E-state index contributed by atoms with van der Waals surface area (Å²) in [7, 11) is 0. The molecule has 1 amide bonds. The van der Waals surface area contributed by atoms with Gasteiger partial charge in [-0.3, -0.25) is 4.79 Å². The number of nitrogen functional groups attached to an aromatic ring is 1. The van der Waals surface area contributed by atoms with Crippen LogP contribution in [0.3, 0.4) is 0 Å². The van der Waals surface area contributed by atoms with Crippen molar-refractivity contribution in [1.29, 1.82) is 0 Å². The molecule has 0 fully saturated rings. The summed E-state index contributed by atoms with van der Waals surface area (Å²) in [5, 5.41) is 0. The van der Waals surface area contributed by atoms with Crippen molar-refractivity contribution in [3.8, 4) is 0 Å². The van der Waals surface area contributed by atoms with Crippen LogP contribution in [0.5, 0.6) is 0 Å². The van der Waals surface area contributed by atoms with Crippen LogP contribution in [-0.4, -0.2) is 22.3 Å². The van der Waals surface area contributed by atoms with E-state index in [9.17, 15) is 4.79 Å². The third-order valence-electron chi connectivity index (χ3n) is 3.07. The summed E-state index contributed by atoms with van der Waals surface area (Å²) in [6.07, 6.45) is 2.18. The second-order valence-corrected chi connectivity index (χ2v) is 4.74. The molecule has 0 radical (unpaired) electrons. The predicted molar refractivity (Wildman–Crippen MR) is 77.1 cm³/mol. The SMILES string of the molecule is CCCN(Cc1ccc(N)cc1)C(=O)c1ocnc1C. The van der Waals surface area contributed by atoms with Crippen molar-refractivity contribution >= 4 is 11.6 Å². The number of rotatable bonds is 5. The highest BCUT2D eigenvalue weighted by atomic mass is 16.3. The Labute approximate surface area is 118 Å². The third kappa shape index (κ3) is 3.17. The van der Waals surface area contributed by atoms with Crippen molar-refractivity contribution in [2.75, 3.05) is 12.3 Å². The quantitative estimate of drug-likeness (QED) is 0.850. The monoisotopic (exact) mass is 273 g/mol. The molecule has 20 heavy (non-hydrogen) atoms. The summed E-state index contributed by atoms with van der Waals surface area (Å²) in [4.78, 5) is 18.2. The van der Waals surface area contributed by atoms with E-state index in [2.05, 4.69) is 4.98 Å². The van der Waals surface area contributed by atoms with Gasteiger partial charge in [-0.1, -0.05) is 19.1 Å². The number of oxazole rings is 1. The average molecular weight is 273 g/mol. The molecule has 0 aliphatic carbocycles. The van der Waals surface area contributed by atoms with Gasteiger partial charge >= 0.3 is 0 Å². The number of hydrogen-bond donors (Lipinski definition) is 1. The van der Waals surface area contributed by atoms with Crippen molar-refractivity contribution in [1.82, 2.24) is 9.88 Å². The van der Waals surface area contributed by atoms with Crippen LogP contribution in [-0.2, 0) is 6.54 Å². The lowest BCUT2D eigenvalue weighted by molar-refractivity contribution is 0.0710. The molecule has 1 aromatic heterocycles. The molecule has 2 rings (SSSR count). The van der Waals surface area contributed by atoms with Gasteiger partial charge in [0, 0.05) is 18.8 Å². The Morgan fingerprint density at radius 1 is 1.35 bits per heavy atom. The maximum absolute atomic E-state index is 12.5. The summed E-state index contributed by atoms with van der Waals surface area (Å²) in [5.74, 6) is 0.188. The topological polar surface area (TPSA) is 72.4 Å². The van der Waals surface area contributed by atoms with Crippen molar-refractivity contribution < 1.29 is 9.21 Å². The number of aromatic nitrogens is 1. The van der Waals surface area contributed by atoms with Crippen LogP contribution < -0.4 is 5.73 Å². The van der Waals surface area contributed by atoms with Crippen LogP contribution in [0.2, 0.25) is 0 Å². The summed E-state index contributed by atoms with van der Waals surface area (Å²) in [6, 6.07) is 7.53. The minimum atomic E-state index is -0.126. The zero-order valence-electron chi connectivity index (χ0n) is 11.8. The van der Waals surface area contributed by atoms with Gasteiger partial charge in [-0.25, -0.2) is 4.98 Å². The molecule has 0 saturated heterocycles. The minimum Gasteiger partial charge on any atom is -0.438 e. The highest BCUT2D eigenvalue weighted by molar-refractivity contribution is 5.92. The number of carbonyl (C=O) groups is 1. The molecular weight excluding hydrogens is 254 g/mol. The molecule has 1 aromatic carbocycles. The number of nitrogens with two attached hydrogens (primary N) is 1. The Morgan fingerprint density at radius 3 is 2.60 bits per heavy atom. The van der Waals surface area contributed by atoms with Crippen LogP contribution in [0, 0.1) is 6.92 Å². The summed E-state index contributed by atoms with van der Waals surface area (Å²) < 4.78 is 5.19. The zero-order chi connectivity index (χ0) is 14.5. The van der Waals surface area contributed by atoms with Crippen LogP contribution >= 0.6 is 0 Å². The highest BCUT2D eigenvalue weighted by Crippen LogP contribution is 2.14. The molecule has 0 saturated carbocycles. The molecule has 0 aliphatic heterocycles. The molecule has 0 aliphatic rings. The fourth-order valence-electron chi connectivity index (χ4n) is 2.02. The Kier molecular flexibility index (Phi) is 4.40. The summed E-state index contributed by atoms with van der Waals surface area (Å²) in [6.45, 7) is 5.01. The molecule has 106 valence electrons. The van der Waals surface area contributed by atoms with Gasteiger partial charge in [0.1, 0.15) is 0 Å². The molecule has 1 heterocycles. The van der Waals surface area contributed by atoms with Crippen molar-refractivity contribution in [3.05, 3.63) is 47.7 Å². The van der Waals surface area contributed by atoms with E-state index < -0.39 is 0 Å². The highest BCUT2D eigenvalue weighted by Gasteiger charge is 2.21. The van der Waals surface area contributed by atoms with Crippen LogP contribution in [0.4, 0.5) is 5.69 Å². The lowest BCUT2D eigenvalue weighted by atomic mass is 10.2. The van der Waals surface area contributed by atoms with Gasteiger partial charge in [0.25, 0.3) is 5.91 Å². The Hall–Kier alpha value is -2.30. The van der Waals surface area contributed by atoms with E-state index in [1.807, 2.05) is 31.2 Å². The number of carbonyl (C=O) groups excluding carboxylic acids is 1. The molecule has 2 aromatic rings. The average Bonchev–Trinajstić information content (AvgIpc) is 2.86. The van der Waals surface area contributed by atoms with Crippen molar-refractivity contribution in [2.24, 2.45) is 0 Å². The van der Waals surface area contributed by atoms with Gasteiger partial charge in [-0.2, -0.15) is 0 Å². The Bertz CT molecular complexity index is 575. The molecule has 2 N–H and O–H groups in total. The smallest absolute Gasteiger partial charge is 0.291 e. The number of anilines is 1. The molecule has 0 spiro atoms. The largest absolute Gasteiger partial charge is 0.438 e. The second kappa shape index (κ2) is 6.23. The molecular formula is C15H19N3O2. The van der Waals surface area contributed by atoms with Gasteiger partial charge in [-0.05, 0) is 31.0 Å². The Morgan fingerprint density at radius 2 is 2.05 bits per heavy atom. The summed E-state index contributed by atoms with van der Waals surface area (Å²) in [5.41, 5.74) is 8.04. The van der Waals surface area contributed by atoms with Crippen molar-refractivity contribution in [3.63, 3.8) is 0 Å². The Balaban J connectivity index is 2.16. The maximum Gasteiger partial charge on any atom is 0.291 e. The number of amides is 1. The van der Waals surface area contributed by atoms with E-state index >= 15 is 0 Å². The molecule has 0 unspecified atom stereocenters. The first-order chi connectivity index (χ1) is 9.61. The molecule has 0 atom stereocenters. The number of nitrogens with zero attached hydrogens (tertiary/aromatic N) is 2. The van der Waals surface area contributed by atoms with E-state index in [1.54, 1.807) is 11.8 Å². The number of benzene rings is 1. The maximum atomic E-state index is 12.5. The van der Waals surface area contributed by atoms with Gasteiger partial charge in [0.05, 0.1) is 5.69 Å². The van der Waals surface area contributed by atoms with Crippen LogP contribution in [0.1, 0.15) is 35.2 Å². The minimum absolute atomic E-state index is 0.126. The lowest BCUT2D eigenvalue weighted by Gasteiger charge is -2.21. The van der Waals surface area contributed by atoms with Gasteiger partial charge < -0.3 is 15.1 Å². The van der Waals surface area contributed by atoms with E-state index in [0.717, 1.165) is 12.0 Å². The summed E-state index contributed by atoms with van der Waals surface area (Å²) >= 11 is 0. The first-order valence-electron chi connectivity index (χ1n) is 6.65. The van der Waals surface area contributed by atoms with Crippen LogP contribution in [0.15, 0.2) is 35.1 Å². The normalized spacial score (nSPS) is 10.5. The lowest BCUT2D eigenvalue weighted by Crippen LogP contribution is -2.31. The van der Waals surface area contributed by atoms with Crippen molar-refractivity contribution in [2.45, 2.75) is 26.8 Å². The fraction of sp³-hybridized carbons (Fsp3) is 0.333. The molecule has 5 heteroatoms. The van der Waals surface area contributed by atoms with E-state index in [0.29, 0.717) is 30.2 Å². The van der Waals surface area contributed by atoms with Crippen LogP contribution in [0.25, 0.3) is 0 Å². The zero-order valence-corrected chi connectivity index (χ0v) is 11.8. The second-order valence-electron chi connectivity index (χ2n) is 4.74. The van der Waals surface area contributed by atoms with E-state index in [-0.39, 0.29) is 5.91 Å². The third-order valence-corrected chi connectivity index (χ3v) is 3.07. The first-order valence-corrected chi connectivity index (χ1v) is 6.65. The van der Waals surface area contributed by atoms with Gasteiger partial charge in [0.15, 0.2) is 6.39 Å².